The fourth-order valence-corrected chi connectivity index (χ4v) is 3.28. The Hall–Kier alpha value is -3.34. The highest BCUT2D eigenvalue weighted by molar-refractivity contribution is 5.88. The van der Waals surface area contributed by atoms with Crippen LogP contribution in [0.4, 0.5) is 0 Å². The summed E-state index contributed by atoms with van der Waals surface area (Å²) in [7, 11) is 1.98. The summed E-state index contributed by atoms with van der Waals surface area (Å²) in [6.45, 7) is 10.1. The molecule has 0 fully saturated rings. The van der Waals surface area contributed by atoms with E-state index in [1.165, 1.54) is 0 Å². The number of benzene rings is 1. The molecule has 0 bridgehead atoms. The Bertz CT molecular complexity index is 1000. The lowest BCUT2D eigenvalue weighted by atomic mass is 10.0. The van der Waals surface area contributed by atoms with Gasteiger partial charge in [-0.3, -0.25) is 4.79 Å². The van der Waals surface area contributed by atoms with Crippen molar-refractivity contribution in [2.24, 2.45) is 7.05 Å². The minimum atomic E-state index is -0.951. The summed E-state index contributed by atoms with van der Waals surface area (Å²) in [4.78, 5) is 21.9. The zero-order valence-electron chi connectivity index (χ0n) is 17.3. The van der Waals surface area contributed by atoms with E-state index in [0.717, 1.165) is 39.2 Å². The predicted molar refractivity (Wildman–Crippen MR) is 116 cm³/mol. The molecule has 1 heterocycles. The van der Waals surface area contributed by atoms with Gasteiger partial charge in [0.05, 0.1) is 5.56 Å². The highest BCUT2D eigenvalue weighted by Crippen LogP contribution is 2.25. The van der Waals surface area contributed by atoms with E-state index < -0.39 is 11.9 Å². The average Bonchev–Trinajstić information content (AvgIpc) is 2.87. The van der Waals surface area contributed by atoms with Gasteiger partial charge in [-0.15, -0.1) is 0 Å². The van der Waals surface area contributed by atoms with Crippen LogP contribution in [0.25, 0.3) is 11.6 Å². The third-order valence-electron chi connectivity index (χ3n) is 5.14. The molecule has 0 saturated carbocycles. The number of hydrogen-bond donors (Lipinski definition) is 2. The molecule has 2 aromatic rings. The molecule has 2 rings (SSSR count). The lowest BCUT2D eigenvalue weighted by Crippen LogP contribution is -1.99. The van der Waals surface area contributed by atoms with Crippen LogP contribution >= 0.6 is 0 Å². The zero-order valence-corrected chi connectivity index (χ0v) is 17.3. The number of allylic oxidation sites excluding steroid dienone is 4. The van der Waals surface area contributed by atoms with E-state index in [2.05, 4.69) is 17.2 Å². The Morgan fingerprint density at radius 2 is 1.66 bits per heavy atom. The van der Waals surface area contributed by atoms with Crippen molar-refractivity contribution in [3.8, 4) is 0 Å². The molecular formula is C24H27NO4. The smallest absolute Gasteiger partial charge is 0.335 e. The third-order valence-corrected chi connectivity index (χ3v) is 5.14. The molecule has 29 heavy (non-hydrogen) atoms. The minimum absolute atomic E-state index is 0.119. The number of aromatic carboxylic acids is 1. The maximum atomic E-state index is 11.0. The molecule has 0 unspecified atom stereocenters. The van der Waals surface area contributed by atoms with E-state index in [9.17, 15) is 9.59 Å². The standard InChI is InChI=1S/C24H27NO4/c1-15(6-7-16(2)19-8-10-20(11-9-19)24(28)29)14-22-17(3)21(12-13-23(26)27)18(4)25(22)5/h6-11,14H,2,12-13H2,1,3-5H3,(H,26,27)(H,28,29)/b7-6-,15-14+. The van der Waals surface area contributed by atoms with Crippen LogP contribution < -0.4 is 0 Å². The summed E-state index contributed by atoms with van der Waals surface area (Å²) >= 11 is 0. The van der Waals surface area contributed by atoms with Gasteiger partial charge in [-0.2, -0.15) is 0 Å². The first-order valence-corrected chi connectivity index (χ1v) is 9.37. The molecule has 152 valence electrons. The highest BCUT2D eigenvalue weighted by Gasteiger charge is 2.14. The number of hydrogen-bond acceptors (Lipinski definition) is 2. The van der Waals surface area contributed by atoms with E-state index in [4.69, 9.17) is 10.2 Å². The summed E-state index contributed by atoms with van der Waals surface area (Å²) < 4.78 is 2.09. The van der Waals surface area contributed by atoms with Gasteiger partial charge in [0.15, 0.2) is 0 Å². The maximum Gasteiger partial charge on any atom is 0.335 e. The summed E-state index contributed by atoms with van der Waals surface area (Å²) in [6.07, 6.45) is 6.58. The van der Waals surface area contributed by atoms with Crippen molar-refractivity contribution in [1.29, 1.82) is 0 Å². The van der Waals surface area contributed by atoms with Gasteiger partial charge in [-0.05, 0) is 73.2 Å². The second kappa shape index (κ2) is 9.24. The Balaban J connectivity index is 2.20. The second-order valence-electron chi connectivity index (χ2n) is 7.16. The Morgan fingerprint density at radius 1 is 1.07 bits per heavy atom. The Morgan fingerprint density at radius 3 is 2.21 bits per heavy atom. The lowest BCUT2D eigenvalue weighted by Gasteiger charge is -2.04. The molecule has 1 aromatic carbocycles. The first kappa shape index (κ1) is 22.0. The topological polar surface area (TPSA) is 79.5 Å². The van der Waals surface area contributed by atoms with Crippen LogP contribution in [0.15, 0.2) is 48.6 Å². The molecule has 0 aliphatic carbocycles. The number of aromatic nitrogens is 1. The molecule has 0 radical (unpaired) electrons. The van der Waals surface area contributed by atoms with Crippen LogP contribution in [0.5, 0.6) is 0 Å². The fourth-order valence-electron chi connectivity index (χ4n) is 3.28. The zero-order chi connectivity index (χ0) is 21.7. The van der Waals surface area contributed by atoms with E-state index in [0.29, 0.717) is 6.42 Å². The lowest BCUT2D eigenvalue weighted by molar-refractivity contribution is -0.136. The van der Waals surface area contributed by atoms with Gasteiger partial charge in [0.1, 0.15) is 0 Å². The third kappa shape index (κ3) is 5.35. The number of aliphatic carboxylic acids is 1. The van der Waals surface area contributed by atoms with Crippen LogP contribution in [0, 0.1) is 13.8 Å². The Kier molecular flexibility index (Phi) is 6.99. The van der Waals surface area contributed by atoms with Crippen molar-refractivity contribution in [3.05, 3.63) is 82.2 Å². The number of rotatable bonds is 8. The highest BCUT2D eigenvalue weighted by atomic mass is 16.4. The van der Waals surface area contributed by atoms with Gasteiger partial charge >= 0.3 is 11.9 Å². The maximum absolute atomic E-state index is 11.0. The molecular weight excluding hydrogens is 366 g/mol. The molecule has 0 saturated heterocycles. The van der Waals surface area contributed by atoms with Crippen molar-refractivity contribution in [1.82, 2.24) is 4.57 Å². The molecule has 0 amide bonds. The van der Waals surface area contributed by atoms with Crippen molar-refractivity contribution >= 4 is 23.6 Å². The minimum Gasteiger partial charge on any atom is -0.481 e. The monoisotopic (exact) mass is 393 g/mol. The van der Waals surface area contributed by atoms with Crippen LogP contribution in [-0.4, -0.2) is 26.7 Å². The van der Waals surface area contributed by atoms with E-state index >= 15 is 0 Å². The average molecular weight is 393 g/mol. The SMILES string of the molecule is C=C(/C=C\C(C)=C\c1c(C)c(CCC(=O)O)c(C)n1C)c1ccc(C(=O)O)cc1. The largest absolute Gasteiger partial charge is 0.481 e. The van der Waals surface area contributed by atoms with Crippen molar-refractivity contribution in [2.75, 3.05) is 0 Å². The van der Waals surface area contributed by atoms with E-state index in [-0.39, 0.29) is 12.0 Å². The predicted octanol–water partition coefficient (Wildman–Crippen LogP) is 5.03. The van der Waals surface area contributed by atoms with Gasteiger partial charge in [-0.25, -0.2) is 4.79 Å². The van der Waals surface area contributed by atoms with Crippen LogP contribution in [0.1, 0.15) is 51.8 Å². The fraction of sp³-hybridized carbons (Fsp3) is 0.250. The quantitative estimate of drug-likeness (QED) is 0.617. The van der Waals surface area contributed by atoms with E-state index in [1.807, 2.05) is 40.0 Å². The molecule has 5 heteroatoms. The van der Waals surface area contributed by atoms with Crippen molar-refractivity contribution in [2.45, 2.75) is 33.6 Å². The summed E-state index contributed by atoms with van der Waals surface area (Å²) in [5.41, 5.74) is 7.24. The number of carboxylic acid groups (broad SMARTS) is 2. The first-order valence-electron chi connectivity index (χ1n) is 9.37. The van der Waals surface area contributed by atoms with Gasteiger partial charge in [0.2, 0.25) is 0 Å². The molecule has 1 aromatic heterocycles. The summed E-state index contributed by atoms with van der Waals surface area (Å²) in [5, 5.41) is 18.0. The number of nitrogens with zero attached hydrogens (tertiary/aromatic N) is 1. The van der Waals surface area contributed by atoms with E-state index in [1.54, 1.807) is 24.3 Å². The summed E-state index contributed by atoms with van der Waals surface area (Å²) in [6, 6.07) is 6.62. The van der Waals surface area contributed by atoms with Crippen LogP contribution in [0.2, 0.25) is 0 Å². The Labute approximate surface area is 171 Å². The number of carboxylic acids is 2. The molecule has 0 aliphatic rings. The number of carbonyl (C=O) groups is 2. The first-order chi connectivity index (χ1) is 13.6. The molecule has 0 spiro atoms. The second-order valence-corrected chi connectivity index (χ2v) is 7.16. The van der Waals surface area contributed by atoms with Crippen molar-refractivity contribution in [3.63, 3.8) is 0 Å². The molecule has 0 atom stereocenters. The van der Waals surface area contributed by atoms with Gasteiger partial charge in [0.25, 0.3) is 0 Å². The van der Waals surface area contributed by atoms with Crippen LogP contribution in [0.3, 0.4) is 0 Å². The van der Waals surface area contributed by atoms with Gasteiger partial charge in [0, 0.05) is 24.9 Å². The summed E-state index contributed by atoms with van der Waals surface area (Å²) in [5.74, 6) is -1.74. The van der Waals surface area contributed by atoms with Crippen LogP contribution in [-0.2, 0) is 18.3 Å². The molecule has 5 nitrogen and oxygen atoms in total. The normalized spacial score (nSPS) is 11.8. The molecule has 0 aliphatic heterocycles. The van der Waals surface area contributed by atoms with Gasteiger partial charge in [-0.1, -0.05) is 30.9 Å². The van der Waals surface area contributed by atoms with Gasteiger partial charge < -0.3 is 14.8 Å². The van der Waals surface area contributed by atoms with Crippen molar-refractivity contribution < 1.29 is 19.8 Å². The molecule has 2 N–H and O–H groups in total.